The van der Waals surface area contributed by atoms with Gasteiger partial charge in [-0.25, -0.2) is 0 Å². The van der Waals surface area contributed by atoms with E-state index >= 15 is 0 Å². The topological polar surface area (TPSA) is 30.5 Å². The molecule has 3 nitrogen and oxygen atoms in total. The molecule has 0 heterocycles. The van der Waals surface area contributed by atoms with Gasteiger partial charge in [-0.1, -0.05) is 13.0 Å². The molecule has 1 rings (SSSR count). The van der Waals surface area contributed by atoms with E-state index in [1.54, 1.807) is 0 Å². The summed E-state index contributed by atoms with van der Waals surface area (Å²) in [5.41, 5.74) is 1.12. The average Bonchev–Trinajstić information content (AvgIpc) is 2.37. The first-order chi connectivity index (χ1) is 8.81. The van der Waals surface area contributed by atoms with E-state index < -0.39 is 0 Å². The first-order valence-electron chi connectivity index (χ1n) is 6.52. The van der Waals surface area contributed by atoms with Gasteiger partial charge in [0.05, 0.1) is 6.61 Å². The van der Waals surface area contributed by atoms with Crippen molar-refractivity contribution >= 4 is 0 Å². The molecule has 0 spiro atoms. The number of ether oxygens (including phenoxy) is 2. The zero-order valence-electron chi connectivity index (χ0n) is 11.4. The molecule has 0 aromatic heterocycles. The lowest BCUT2D eigenvalue weighted by Gasteiger charge is -2.12. The highest BCUT2D eigenvalue weighted by atomic mass is 16.5. The highest BCUT2D eigenvalue weighted by molar-refractivity contribution is 5.41. The lowest BCUT2D eigenvalue weighted by atomic mass is 10.1. The van der Waals surface area contributed by atoms with Crippen LogP contribution in [0.25, 0.3) is 0 Å². The van der Waals surface area contributed by atoms with Crippen molar-refractivity contribution in [2.24, 2.45) is 0 Å². The van der Waals surface area contributed by atoms with E-state index in [0.717, 1.165) is 36.6 Å². The van der Waals surface area contributed by atoms with Gasteiger partial charge in [0.1, 0.15) is 18.1 Å². The van der Waals surface area contributed by atoms with Gasteiger partial charge in [0.15, 0.2) is 0 Å². The van der Waals surface area contributed by atoms with Crippen LogP contribution in [0.4, 0.5) is 0 Å². The molecule has 0 unspecified atom stereocenters. The maximum atomic E-state index is 5.76. The largest absolute Gasteiger partial charge is 0.494 e. The van der Waals surface area contributed by atoms with Crippen LogP contribution in [0.5, 0.6) is 11.5 Å². The lowest BCUT2D eigenvalue weighted by molar-refractivity contribution is 0.310. The van der Waals surface area contributed by atoms with Crippen molar-refractivity contribution in [3.8, 4) is 11.5 Å². The van der Waals surface area contributed by atoms with Gasteiger partial charge in [0.25, 0.3) is 0 Å². The van der Waals surface area contributed by atoms with E-state index in [9.17, 15) is 0 Å². The van der Waals surface area contributed by atoms with E-state index in [1.165, 1.54) is 0 Å². The van der Waals surface area contributed by atoms with Crippen LogP contribution in [0, 0.1) is 0 Å². The minimum atomic E-state index is 0.673. The number of rotatable bonds is 9. The highest BCUT2D eigenvalue weighted by Crippen LogP contribution is 2.25. The van der Waals surface area contributed by atoms with Gasteiger partial charge in [-0.2, -0.15) is 0 Å². The van der Waals surface area contributed by atoms with Crippen LogP contribution < -0.4 is 14.8 Å². The number of benzene rings is 1. The predicted molar refractivity (Wildman–Crippen MR) is 75.6 cm³/mol. The monoisotopic (exact) mass is 249 g/mol. The minimum Gasteiger partial charge on any atom is -0.494 e. The van der Waals surface area contributed by atoms with Crippen LogP contribution in [-0.4, -0.2) is 26.3 Å². The predicted octanol–water partition coefficient (Wildman–Crippen LogP) is 2.80. The third-order valence-corrected chi connectivity index (χ3v) is 2.49. The fourth-order valence-corrected chi connectivity index (χ4v) is 1.68. The molecule has 0 aliphatic heterocycles. The molecule has 0 saturated carbocycles. The van der Waals surface area contributed by atoms with Crippen molar-refractivity contribution in [2.75, 3.05) is 26.3 Å². The summed E-state index contributed by atoms with van der Waals surface area (Å²) >= 11 is 0. The highest BCUT2D eigenvalue weighted by Gasteiger charge is 2.04. The third-order valence-electron chi connectivity index (χ3n) is 2.49. The molecule has 1 aromatic carbocycles. The van der Waals surface area contributed by atoms with Gasteiger partial charge in [-0.3, -0.25) is 0 Å². The molecule has 100 valence electrons. The molecule has 3 heteroatoms. The smallest absolute Gasteiger partial charge is 0.123 e. The van der Waals surface area contributed by atoms with Gasteiger partial charge in [-0.05, 0) is 38.1 Å². The Balaban J connectivity index is 2.66. The molecule has 0 amide bonds. The SMILES string of the molecule is C=CCc1cc(OCC)ccc1OCCNCC. The Labute approximate surface area is 110 Å². The summed E-state index contributed by atoms with van der Waals surface area (Å²) in [4.78, 5) is 0. The maximum absolute atomic E-state index is 5.76. The first-order valence-corrected chi connectivity index (χ1v) is 6.52. The molecule has 0 radical (unpaired) electrons. The molecule has 1 aromatic rings. The van der Waals surface area contributed by atoms with E-state index in [4.69, 9.17) is 9.47 Å². The Morgan fingerprint density at radius 1 is 1.28 bits per heavy atom. The van der Waals surface area contributed by atoms with Crippen LogP contribution in [0.1, 0.15) is 19.4 Å². The molecule has 0 bridgehead atoms. The van der Waals surface area contributed by atoms with Crippen molar-refractivity contribution in [1.82, 2.24) is 5.32 Å². The Kier molecular flexibility index (Phi) is 6.96. The molecule has 0 fully saturated rings. The summed E-state index contributed by atoms with van der Waals surface area (Å²) < 4.78 is 11.2. The number of likely N-dealkylation sites (N-methyl/N-ethyl adjacent to an activating group) is 1. The van der Waals surface area contributed by atoms with Gasteiger partial charge >= 0.3 is 0 Å². The summed E-state index contributed by atoms with van der Waals surface area (Å²) in [5, 5.41) is 3.23. The second-order valence-corrected chi connectivity index (χ2v) is 3.90. The molecule has 0 aliphatic rings. The number of allylic oxidation sites excluding steroid dienone is 1. The molecule has 18 heavy (non-hydrogen) atoms. The first kappa shape index (κ1) is 14.6. The molecule has 0 atom stereocenters. The van der Waals surface area contributed by atoms with E-state index in [0.29, 0.717) is 13.2 Å². The molecule has 0 aliphatic carbocycles. The van der Waals surface area contributed by atoms with Crippen LogP contribution >= 0.6 is 0 Å². The lowest BCUT2D eigenvalue weighted by Crippen LogP contribution is -2.20. The van der Waals surface area contributed by atoms with Gasteiger partial charge in [0.2, 0.25) is 0 Å². The van der Waals surface area contributed by atoms with Crippen molar-refractivity contribution < 1.29 is 9.47 Å². The maximum Gasteiger partial charge on any atom is 0.123 e. The Hall–Kier alpha value is -1.48. The molecular weight excluding hydrogens is 226 g/mol. The molecule has 0 saturated heterocycles. The summed E-state index contributed by atoms with van der Waals surface area (Å²) in [6.07, 6.45) is 2.67. The van der Waals surface area contributed by atoms with Crippen LogP contribution in [0.2, 0.25) is 0 Å². The van der Waals surface area contributed by atoms with Gasteiger partial charge in [-0.15, -0.1) is 6.58 Å². The summed E-state index contributed by atoms with van der Waals surface area (Å²) in [6, 6.07) is 5.93. The summed E-state index contributed by atoms with van der Waals surface area (Å²) in [7, 11) is 0. The van der Waals surface area contributed by atoms with Crippen molar-refractivity contribution in [3.63, 3.8) is 0 Å². The standard InChI is InChI=1S/C15H23NO2/c1-4-7-13-12-14(17-6-3)8-9-15(13)18-11-10-16-5-2/h4,8-9,12,16H,1,5-7,10-11H2,2-3H3. The second-order valence-electron chi connectivity index (χ2n) is 3.90. The number of hydrogen-bond acceptors (Lipinski definition) is 3. The fourth-order valence-electron chi connectivity index (χ4n) is 1.68. The zero-order chi connectivity index (χ0) is 13.2. The van der Waals surface area contributed by atoms with Crippen LogP contribution in [-0.2, 0) is 6.42 Å². The van der Waals surface area contributed by atoms with Gasteiger partial charge < -0.3 is 14.8 Å². The number of nitrogens with one attached hydrogen (secondary N) is 1. The second kappa shape index (κ2) is 8.59. The van der Waals surface area contributed by atoms with Crippen molar-refractivity contribution in [2.45, 2.75) is 20.3 Å². The Morgan fingerprint density at radius 3 is 2.78 bits per heavy atom. The van der Waals surface area contributed by atoms with Crippen LogP contribution in [0.3, 0.4) is 0 Å². The summed E-state index contributed by atoms with van der Waals surface area (Å²) in [6.45, 7) is 11.0. The van der Waals surface area contributed by atoms with E-state index in [1.807, 2.05) is 31.2 Å². The third kappa shape index (κ3) is 4.80. The van der Waals surface area contributed by atoms with E-state index in [2.05, 4.69) is 18.8 Å². The van der Waals surface area contributed by atoms with E-state index in [-0.39, 0.29) is 0 Å². The Morgan fingerprint density at radius 2 is 2.11 bits per heavy atom. The number of hydrogen-bond donors (Lipinski definition) is 1. The van der Waals surface area contributed by atoms with Crippen molar-refractivity contribution in [3.05, 3.63) is 36.4 Å². The van der Waals surface area contributed by atoms with Gasteiger partial charge in [0, 0.05) is 12.1 Å². The molecular formula is C15H23NO2. The fraction of sp³-hybridized carbons (Fsp3) is 0.467. The minimum absolute atomic E-state index is 0.673. The normalized spacial score (nSPS) is 10.1. The molecule has 1 N–H and O–H groups in total. The Bertz CT molecular complexity index is 364. The summed E-state index contributed by atoms with van der Waals surface area (Å²) in [5.74, 6) is 1.80. The average molecular weight is 249 g/mol. The van der Waals surface area contributed by atoms with Crippen LogP contribution in [0.15, 0.2) is 30.9 Å². The van der Waals surface area contributed by atoms with Crippen molar-refractivity contribution in [1.29, 1.82) is 0 Å². The zero-order valence-corrected chi connectivity index (χ0v) is 11.4. The quantitative estimate of drug-likeness (QED) is 0.539.